The van der Waals surface area contributed by atoms with Crippen LogP contribution in [-0.4, -0.2) is 55.2 Å². The van der Waals surface area contributed by atoms with Gasteiger partial charge in [0.15, 0.2) is 0 Å². The molecule has 0 bridgehead atoms. The van der Waals surface area contributed by atoms with Gasteiger partial charge in [0, 0.05) is 37.3 Å². The van der Waals surface area contributed by atoms with Crippen LogP contribution in [-0.2, 0) is 9.53 Å². The van der Waals surface area contributed by atoms with E-state index < -0.39 is 0 Å². The van der Waals surface area contributed by atoms with Crippen LogP contribution in [0.15, 0.2) is 0 Å². The summed E-state index contributed by atoms with van der Waals surface area (Å²) in [5.41, 5.74) is 6.06. The Morgan fingerprint density at radius 1 is 1.12 bits per heavy atom. The van der Waals surface area contributed by atoms with Crippen LogP contribution in [0.25, 0.3) is 0 Å². The molecule has 142 valence electrons. The average Bonchev–Trinajstić information content (AvgIpc) is 3.01. The lowest BCUT2D eigenvalue weighted by molar-refractivity contribution is -0.126. The monoisotopic (exact) mass is 381 g/mol. The van der Waals surface area contributed by atoms with Gasteiger partial charge in [0.2, 0.25) is 5.91 Å². The lowest BCUT2D eigenvalue weighted by atomic mass is 9.86. The Morgan fingerprint density at radius 3 is 2.38 bits per heavy atom. The van der Waals surface area contributed by atoms with Crippen LogP contribution in [0.5, 0.6) is 0 Å². The van der Waals surface area contributed by atoms with Crippen LogP contribution >= 0.6 is 24.8 Å². The molecular formula is C17H33Cl2N3O2. The predicted molar refractivity (Wildman–Crippen MR) is 101 cm³/mol. The van der Waals surface area contributed by atoms with Crippen LogP contribution < -0.4 is 11.1 Å². The summed E-state index contributed by atoms with van der Waals surface area (Å²) in [5.74, 6) is 0.351. The van der Waals surface area contributed by atoms with E-state index in [1.807, 2.05) is 0 Å². The molecule has 2 heterocycles. The van der Waals surface area contributed by atoms with E-state index >= 15 is 0 Å². The van der Waals surface area contributed by atoms with Gasteiger partial charge in [-0.05, 0) is 58.0 Å². The van der Waals surface area contributed by atoms with E-state index in [1.54, 1.807) is 0 Å². The topological polar surface area (TPSA) is 67.6 Å². The minimum Gasteiger partial charge on any atom is -0.381 e. The zero-order chi connectivity index (χ0) is 15.4. The summed E-state index contributed by atoms with van der Waals surface area (Å²) < 4.78 is 5.58. The van der Waals surface area contributed by atoms with Crippen LogP contribution in [0.4, 0.5) is 0 Å². The van der Waals surface area contributed by atoms with E-state index in [0.29, 0.717) is 0 Å². The molecule has 0 aromatic heterocycles. The summed E-state index contributed by atoms with van der Waals surface area (Å²) in [5, 5.41) is 3.26. The van der Waals surface area contributed by atoms with Gasteiger partial charge in [-0.15, -0.1) is 24.8 Å². The molecule has 1 amide bonds. The van der Waals surface area contributed by atoms with Gasteiger partial charge in [0.1, 0.15) is 0 Å². The second kappa shape index (κ2) is 10.2. The molecule has 3 rings (SSSR count). The number of rotatable bonds is 4. The molecule has 24 heavy (non-hydrogen) atoms. The van der Waals surface area contributed by atoms with Gasteiger partial charge in [0.05, 0.1) is 0 Å². The van der Waals surface area contributed by atoms with Gasteiger partial charge in [-0.3, -0.25) is 9.69 Å². The Kier molecular flexibility index (Phi) is 9.31. The number of hydrogen-bond acceptors (Lipinski definition) is 4. The van der Waals surface area contributed by atoms with Crippen molar-refractivity contribution in [2.24, 2.45) is 11.7 Å². The molecule has 0 aromatic carbocycles. The molecule has 3 aliphatic rings. The van der Waals surface area contributed by atoms with Gasteiger partial charge < -0.3 is 15.8 Å². The molecule has 3 N–H and O–H groups in total. The molecule has 1 aliphatic carbocycles. The van der Waals surface area contributed by atoms with Crippen LogP contribution in [0.1, 0.15) is 51.4 Å². The third-order valence-electron chi connectivity index (χ3n) is 5.89. The normalized spacial score (nSPS) is 30.0. The molecule has 2 unspecified atom stereocenters. The Bertz CT molecular complexity index is 386. The van der Waals surface area contributed by atoms with Crippen molar-refractivity contribution in [1.82, 2.24) is 10.2 Å². The van der Waals surface area contributed by atoms with Crippen molar-refractivity contribution >= 4 is 30.7 Å². The first-order chi connectivity index (χ1) is 10.7. The molecule has 2 aliphatic heterocycles. The average molecular weight is 382 g/mol. The van der Waals surface area contributed by atoms with Gasteiger partial charge in [-0.25, -0.2) is 0 Å². The molecule has 3 fully saturated rings. The van der Waals surface area contributed by atoms with Gasteiger partial charge in [-0.1, -0.05) is 6.42 Å². The molecule has 0 spiro atoms. The Hall–Kier alpha value is -0.0700. The van der Waals surface area contributed by atoms with E-state index in [4.69, 9.17) is 10.5 Å². The Balaban J connectivity index is 0.00000144. The third kappa shape index (κ3) is 5.21. The van der Waals surface area contributed by atoms with Crippen LogP contribution in [0, 0.1) is 5.92 Å². The number of halogens is 2. The standard InChI is InChI=1S/C17H31N3O2.2ClH/c18-15-5-4-14(12-15)16(21)19-13-17(6-10-22-11-7-17)20-8-2-1-3-9-20;;/h14-15H,1-13,18H2,(H,19,21);2*1H. The van der Waals surface area contributed by atoms with E-state index in [1.165, 1.54) is 32.4 Å². The minimum absolute atomic E-state index is 0. The lowest BCUT2D eigenvalue weighted by Gasteiger charge is -2.48. The van der Waals surface area contributed by atoms with Crippen molar-refractivity contribution in [2.45, 2.75) is 62.9 Å². The summed E-state index contributed by atoms with van der Waals surface area (Å²) >= 11 is 0. The zero-order valence-corrected chi connectivity index (χ0v) is 16.1. The number of hydrogen-bond donors (Lipinski definition) is 2. The highest BCUT2D eigenvalue weighted by molar-refractivity contribution is 5.85. The number of amides is 1. The SMILES string of the molecule is Cl.Cl.NC1CCC(C(=O)NCC2(N3CCCCC3)CCOCC2)C1. The predicted octanol–water partition coefficient (Wildman–Crippen LogP) is 2.11. The van der Waals surface area contributed by atoms with E-state index in [2.05, 4.69) is 10.2 Å². The quantitative estimate of drug-likeness (QED) is 0.782. The molecule has 5 nitrogen and oxygen atoms in total. The summed E-state index contributed by atoms with van der Waals surface area (Å²) in [6.07, 6.45) is 8.79. The highest BCUT2D eigenvalue weighted by Crippen LogP contribution is 2.31. The number of nitrogens with one attached hydrogen (secondary N) is 1. The van der Waals surface area contributed by atoms with Crippen LogP contribution in [0.3, 0.4) is 0 Å². The highest BCUT2D eigenvalue weighted by Gasteiger charge is 2.39. The minimum atomic E-state index is 0. The smallest absolute Gasteiger partial charge is 0.223 e. The fourth-order valence-electron chi connectivity index (χ4n) is 4.37. The summed E-state index contributed by atoms with van der Waals surface area (Å²) in [6.45, 7) is 4.76. The first kappa shape index (κ1) is 22.0. The van der Waals surface area contributed by atoms with Crippen LogP contribution in [0.2, 0.25) is 0 Å². The molecule has 7 heteroatoms. The first-order valence-corrected chi connectivity index (χ1v) is 9.06. The maximum Gasteiger partial charge on any atom is 0.223 e. The van der Waals surface area contributed by atoms with Gasteiger partial charge in [0.25, 0.3) is 0 Å². The van der Waals surface area contributed by atoms with Gasteiger partial charge >= 0.3 is 0 Å². The molecular weight excluding hydrogens is 349 g/mol. The molecule has 2 saturated heterocycles. The number of carbonyl (C=O) groups is 1. The van der Waals surface area contributed by atoms with Crippen molar-refractivity contribution < 1.29 is 9.53 Å². The summed E-state index contributed by atoms with van der Waals surface area (Å²) in [7, 11) is 0. The second-order valence-corrected chi connectivity index (χ2v) is 7.37. The lowest BCUT2D eigenvalue weighted by Crippen LogP contribution is -2.60. The number of nitrogens with two attached hydrogens (primary N) is 1. The maximum absolute atomic E-state index is 12.4. The molecule has 2 atom stereocenters. The number of carbonyl (C=O) groups excluding carboxylic acids is 1. The Morgan fingerprint density at radius 2 is 1.79 bits per heavy atom. The van der Waals surface area contributed by atoms with E-state index in [0.717, 1.165) is 51.9 Å². The molecule has 1 saturated carbocycles. The Labute approximate surface area is 158 Å². The second-order valence-electron chi connectivity index (χ2n) is 7.37. The van der Waals surface area contributed by atoms with E-state index in [-0.39, 0.29) is 48.2 Å². The van der Waals surface area contributed by atoms with E-state index in [9.17, 15) is 4.79 Å². The molecule has 0 aromatic rings. The highest BCUT2D eigenvalue weighted by atomic mass is 35.5. The summed E-state index contributed by atoms with van der Waals surface area (Å²) in [6, 6.07) is 0.217. The summed E-state index contributed by atoms with van der Waals surface area (Å²) in [4.78, 5) is 15.1. The number of nitrogens with zero attached hydrogens (tertiary/aromatic N) is 1. The maximum atomic E-state index is 12.4. The fourth-order valence-corrected chi connectivity index (χ4v) is 4.37. The fraction of sp³-hybridized carbons (Fsp3) is 0.941. The zero-order valence-electron chi connectivity index (χ0n) is 14.5. The van der Waals surface area contributed by atoms with Crippen molar-refractivity contribution in [3.63, 3.8) is 0 Å². The van der Waals surface area contributed by atoms with Gasteiger partial charge in [-0.2, -0.15) is 0 Å². The third-order valence-corrected chi connectivity index (χ3v) is 5.89. The molecule has 0 radical (unpaired) electrons. The number of likely N-dealkylation sites (tertiary alicyclic amines) is 1. The van der Waals surface area contributed by atoms with Crippen molar-refractivity contribution in [1.29, 1.82) is 0 Å². The first-order valence-electron chi connectivity index (χ1n) is 9.06. The van der Waals surface area contributed by atoms with Crippen molar-refractivity contribution in [2.75, 3.05) is 32.8 Å². The van der Waals surface area contributed by atoms with Crippen molar-refractivity contribution in [3.8, 4) is 0 Å². The largest absolute Gasteiger partial charge is 0.381 e. The number of piperidine rings is 1. The number of ether oxygens (including phenoxy) is 1. The van der Waals surface area contributed by atoms with Crippen molar-refractivity contribution in [3.05, 3.63) is 0 Å².